The van der Waals surface area contributed by atoms with Crippen LogP contribution in [0.15, 0.2) is 97.2 Å². The number of esters is 2. The molecule has 0 bridgehead atoms. The van der Waals surface area contributed by atoms with Crippen LogP contribution in [0.3, 0.4) is 0 Å². The highest BCUT2D eigenvalue weighted by molar-refractivity contribution is 7.85. The average Bonchev–Trinajstić information content (AvgIpc) is 3.28. The quantitative estimate of drug-likeness (QED) is 0.0197. The molecule has 12 nitrogen and oxygen atoms in total. The van der Waals surface area contributed by atoms with Crippen molar-refractivity contribution in [3.8, 4) is 0 Å². The van der Waals surface area contributed by atoms with Crippen LogP contribution >= 0.6 is 0 Å². The molecule has 0 amide bonds. The molecular formula is C53H86O12S. The minimum absolute atomic E-state index is 0.109. The van der Waals surface area contributed by atoms with E-state index in [2.05, 4.69) is 98.9 Å². The van der Waals surface area contributed by atoms with Crippen molar-refractivity contribution in [3.05, 3.63) is 97.2 Å². The highest BCUT2D eigenvalue weighted by atomic mass is 32.2. The molecule has 1 heterocycles. The van der Waals surface area contributed by atoms with Crippen molar-refractivity contribution in [3.63, 3.8) is 0 Å². The molecule has 0 saturated carbocycles. The van der Waals surface area contributed by atoms with Gasteiger partial charge in [0.25, 0.3) is 10.1 Å². The maximum atomic E-state index is 12.8. The van der Waals surface area contributed by atoms with Crippen molar-refractivity contribution < 1.29 is 56.8 Å². The second-order valence-electron chi connectivity index (χ2n) is 16.8. The van der Waals surface area contributed by atoms with Gasteiger partial charge in [0.05, 0.1) is 6.61 Å². The van der Waals surface area contributed by atoms with Gasteiger partial charge < -0.3 is 34.3 Å². The van der Waals surface area contributed by atoms with E-state index < -0.39 is 71.2 Å². The van der Waals surface area contributed by atoms with Gasteiger partial charge in [0.2, 0.25) is 0 Å². The molecule has 376 valence electrons. The SMILES string of the molecule is CCC/C=C/C/C=C/C/C=C/C/C=C/CCCCCC(=O)O[C@H](COC(=O)CCC/C=C/C/C=C/C/C=C/C/C=C/CCCCCCCCC)CO[C@H]1O[C@H](CS(=O)(=O)O)[C@@H](O)C(O)C1O. The first kappa shape index (κ1) is 60.6. The van der Waals surface area contributed by atoms with Crippen LogP contribution in [0.2, 0.25) is 0 Å². The fourth-order valence-electron chi connectivity index (χ4n) is 6.78. The predicted molar refractivity (Wildman–Crippen MR) is 265 cm³/mol. The molecule has 0 aromatic carbocycles. The first-order chi connectivity index (χ1) is 32.0. The van der Waals surface area contributed by atoms with E-state index in [0.717, 1.165) is 70.6 Å². The summed E-state index contributed by atoms with van der Waals surface area (Å²) in [6.07, 6.45) is 47.4. The van der Waals surface area contributed by atoms with Gasteiger partial charge in [-0.3, -0.25) is 14.1 Å². The summed E-state index contributed by atoms with van der Waals surface area (Å²) in [6, 6.07) is 0. The largest absolute Gasteiger partial charge is 0.462 e. The average molecular weight is 947 g/mol. The molecule has 2 unspecified atom stereocenters. The molecule has 4 N–H and O–H groups in total. The van der Waals surface area contributed by atoms with Crippen molar-refractivity contribution in [2.24, 2.45) is 0 Å². The minimum atomic E-state index is -4.62. The molecule has 1 saturated heterocycles. The zero-order valence-corrected chi connectivity index (χ0v) is 41.1. The Morgan fingerprint density at radius 3 is 1.45 bits per heavy atom. The number of rotatable bonds is 40. The third kappa shape index (κ3) is 35.7. The molecule has 13 heteroatoms. The summed E-state index contributed by atoms with van der Waals surface area (Å²) in [7, 11) is -4.62. The number of ether oxygens (including phenoxy) is 4. The first-order valence-corrected chi connectivity index (χ1v) is 26.4. The van der Waals surface area contributed by atoms with Crippen LogP contribution < -0.4 is 0 Å². The van der Waals surface area contributed by atoms with Gasteiger partial charge in [-0.1, -0.05) is 162 Å². The molecule has 1 aliphatic rings. The Morgan fingerprint density at radius 1 is 0.515 bits per heavy atom. The van der Waals surface area contributed by atoms with Crippen LogP contribution in [-0.4, -0.2) is 96.0 Å². The zero-order chi connectivity index (χ0) is 48.4. The molecule has 6 atom stereocenters. The summed E-state index contributed by atoms with van der Waals surface area (Å²) in [5, 5.41) is 30.9. The molecule has 66 heavy (non-hydrogen) atoms. The van der Waals surface area contributed by atoms with Gasteiger partial charge in [0.15, 0.2) is 12.4 Å². The second-order valence-corrected chi connectivity index (χ2v) is 18.3. The normalized spacial score (nSPS) is 20.2. The second kappa shape index (κ2) is 41.7. The van der Waals surface area contributed by atoms with Crippen molar-refractivity contribution in [1.29, 1.82) is 0 Å². The summed E-state index contributed by atoms with van der Waals surface area (Å²) in [6.45, 7) is 3.61. The Bertz CT molecular complexity index is 1580. The lowest BCUT2D eigenvalue weighted by molar-refractivity contribution is -0.297. The summed E-state index contributed by atoms with van der Waals surface area (Å²) in [5.74, 6) is -2.11. The first-order valence-electron chi connectivity index (χ1n) is 24.8. The fraction of sp³-hybridized carbons (Fsp3) is 0.660. The molecule has 0 spiro atoms. The van der Waals surface area contributed by atoms with Gasteiger partial charge in [0, 0.05) is 12.8 Å². The van der Waals surface area contributed by atoms with Crippen LogP contribution in [0.25, 0.3) is 0 Å². The predicted octanol–water partition coefficient (Wildman–Crippen LogP) is 11.0. The lowest BCUT2D eigenvalue weighted by Gasteiger charge is -2.40. The number of carbonyl (C=O) groups excluding carboxylic acids is 2. The lowest BCUT2D eigenvalue weighted by atomic mass is 10.00. The number of carbonyl (C=O) groups is 2. The molecule has 0 aliphatic carbocycles. The van der Waals surface area contributed by atoms with Crippen LogP contribution in [0.4, 0.5) is 0 Å². The van der Waals surface area contributed by atoms with E-state index in [1.165, 1.54) is 51.4 Å². The Morgan fingerprint density at radius 2 is 0.955 bits per heavy atom. The van der Waals surface area contributed by atoms with E-state index in [-0.39, 0.29) is 19.4 Å². The maximum absolute atomic E-state index is 12.8. The van der Waals surface area contributed by atoms with Crippen LogP contribution in [0, 0.1) is 0 Å². The van der Waals surface area contributed by atoms with Crippen molar-refractivity contribution >= 4 is 22.1 Å². The summed E-state index contributed by atoms with van der Waals surface area (Å²) >= 11 is 0. The van der Waals surface area contributed by atoms with E-state index in [1.807, 2.05) is 12.2 Å². The van der Waals surface area contributed by atoms with E-state index in [9.17, 15) is 37.9 Å². The highest BCUT2D eigenvalue weighted by Crippen LogP contribution is 2.24. The van der Waals surface area contributed by atoms with Gasteiger partial charge in [0.1, 0.15) is 36.8 Å². The van der Waals surface area contributed by atoms with E-state index in [1.54, 1.807) is 0 Å². The van der Waals surface area contributed by atoms with E-state index in [0.29, 0.717) is 19.3 Å². The van der Waals surface area contributed by atoms with Gasteiger partial charge in [-0.15, -0.1) is 0 Å². The van der Waals surface area contributed by atoms with Gasteiger partial charge in [-0.2, -0.15) is 8.42 Å². The van der Waals surface area contributed by atoms with Crippen LogP contribution in [0.5, 0.6) is 0 Å². The standard InChI is InChI=1S/C53H86O12S/c1-3-5-7-9-11-13-15-17-19-21-22-23-24-26-27-29-31-33-35-37-39-41-48(54)62-43-46(44-63-53-52(58)51(57)50(56)47(65-53)45-66(59,60)61)64-49(55)42-40-38-36-34-32-30-28-25-20-18-16-14-12-10-8-6-4-2/h8,10,14,16,19-21,23-25,27,29-30,32-33,35,46-47,50-53,56-58H,3-7,9,11-13,15,17-18,22,26,28,31,34,36-45H2,1-2H3,(H,59,60,61)/b10-8+,16-14+,21-19+,24-23+,25-20+,29-27+,32-30+,35-33+/t46-,47-,50-,51?,52?,53+/m1/s1. The Balaban J connectivity index is 2.48. The number of allylic oxidation sites excluding steroid dienone is 16. The Kier molecular flexibility index (Phi) is 38.3. The Hall–Kier alpha value is -3.43. The van der Waals surface area contributed by atoms with Gasteiger partial charge in [-0.05, 0) is 89.9 Å². The van der Waals surface area contributed by atoms with Gasteiger partial charge >= 0.3 is 11.9 Å². The minimum Gasteiger partial charge on any atom is -0.462 e. The number of hydrogen-bond donors (Lipinski definition) is 4. The number of hydrogen-bond acceptors (Lipinski definition) is 11. The number of aliphatic hydroxyl groups is 3. The van der Waals surface area contributed by atoms with E-state index in [4.69, 9.17) is 18.9 Å². The number of aliphatic hydroxyl groups excluding tert-OH is 3. The molecule has 1 fully saturated rings. The van der Waals surface area contributed by atoms with Crippen molar-refractivity contribution in [2.45, 2.75) is 205 Å². The zero-order valence-electron chi connectivity index (χ0n) is 40.3. The van der Waals surface area contributed by atoms with E-state index >= 15 is 0 Å². The Labute approximate surface area is 398 Å². The van der Waals surface area contributed by atoms with Crippen molar-refractivity contribution in [2.75, 3.05) is 19.0 Å². The molecule has 0 aromatic heterocycles. The molecular weight excluding hydrogens is 861 g/mol. The fourth-order valence-corrected chi connectivity index (χ4v) is 7.47. The van der Waals surface area contributed by atoms with Gasteiger partial charge in [-0.25, -0.2) is 0 Å². The molecule has 1 aliphatic heterocycles. The van der Waals surface area contributed by atoms with Crippen LogP contribution in [-0.2, 0) is 38.7 Å². The molecule has 0 radical (unpaired) electrons. The topological polar surface area (TPSA) is 186 Å². The third-order valence-electron chi connectivity index (χ3n) is 10.6. The lowest BCUT2D eigenvalue weighted by Crippen LogP contribution is -2.60. The van der Waals surface area contributed by atoms with Crippen molar-refractivity contribution in [1.82, 2.24) is 0 Å². The monoisotopic (exact) mass is 947 g/mol. The summed E-state index contributed by atoms with van der Waals surface area (Å²) in [4.78, 5) is 25.5. The summed E-state index contributed by atoms with van der Waals surface area (Å²) < 4.78 is 54.1. The molecule has 1 rings (SSSR count). The smallest absolute Gasteiger partial charge is 0.306 e. The molecule has 0 aromatic rings. The highest BCUT2D eigenvalue weighted by Gasteiger charge is 2.46. The third-order valence-corrected chi connectivity index (χ3v) is 11.4. The number of unbranched alkanes of at least 4 members (excludes halogenated alkanes) is 12. The summed E-state index contributed by atoms with van der Waals surface area (Å²) in [5.41, 5.74) is 0. The maximum Gasteiger partial charge on any atom is 0.306 e. The van der Waals surface area contributed by atoms with Crippen LogP contribution in [0.1, 0.15) is 168 Å².